The Bertz CT molecular complexity index is 2610. The van der Waals surface area contributed by atoms with Gasteiger partial charge in [0.15, 0.2) is 0 Å². The summed E-state index contributed by atoms with van der Waals surface area (Å²) >= 11 is 0. The highest BCUT2D eigenvalue weighted by atomic mass is 15.2. The van der Waals surface area contributed by atoms with Crippen LogP contribution in [0, 0.1) is 0 Å². The lowest BCUT2D eigenvalue weighted by Gasteiger charge is -2.39. The Morgan fingerprint density at radius 2 is 0.793 bits per heavy atom. The van der Waals surface area contributed by atoms with Crippen LogP contribution in [0.5, 0.6) is 0 Å². The van der Waals surface area contributed by atoms with Gasteiger partial charge in [0.2, 0.25) is 0 Å². The molecular formula is C57H55N. The molecule has 0 radical (unpaired) electrons. The van der Waals surface area contributed by atoms with Crippen LogP contribution in [0.25, 0.3) is 22.3 Å². The van der Waals surface area contributed by atoms with Crippen molar-refractivity contribution in [2.75, 3.05) is 4.90 Å². The second-order valence-corrected chi connectivity index (χ2v) is 20.2. The zero-order chi connectivity index (χ0) is 40.4. The minimum absolute atomic E-state index is 0.00154. The van der Waals surface area contributed by atoms with E-state index >= 15 is 0 Å². The van der Waals surface area contributed by atoms with Gasteiger partial charge in [-0.2, -0.15) is 0 Å². The monoisotopic (exact) mass is 753 g/mol. The van der Waals surface area contributed by atoms with Gasteiger partial charge in [-0.15, -0.1) is 0 Å². The van der Waals surface area contributed by atoms with Crippen molar-refractivity contribution in [2.24, 2.45) is 0 Å². The fourth-order valence-corrected chi connectivity index (χ4v) is 10.4. The summed E-state index contributed by atoms with van der Waals surface area (Å²) in [5, 5.41) is 0. The van der Waals surface area contributed by atoms with E-state index in [1.54, 1.807) is 0 Å². The summed E-state index contributed by atoms with van der Waals surface area (Å²) in [4.78, 5) is 2.55. The molecule has 0 amide bonds. The first-order chi connectivity index (χ1) is 27.7. The van der Waals surface area contributed by atoms with Crippen molar-refractivity contribution in [3.63, 3.8) is 0 Å². The molecule has 0 saturated heterocycles. The third-order valence-electron chi connectivity index (χ3n) is 13.5. The molecule has 3 aliphatic rings. The summed E-state index contributed by atoms with van der Waals surface area (Å²) in [6.07, 6.45) is 0.960. The normalized spacial score (nSPS) is 15.1. The molecule has 2 aliphatic carbocycles. The maximum Gasteiger partial charge on any atom is 0.0726 e. The van der Waals surface area contributed by atoms with Gasteiger partial charge in [0.05, 0.1) is 5.41 Å². The Morgan fingerprint density at radius 3 is 1.22 bits per heavy atom. The van der Waals surface area contributed by atoms with E-state index in [9.17, 15) is 0 Å². The lowest BCUT2D eigenvalue weighted by atomic mass is 9.68. The van der Waals surface area contributed by atoms with E-state index < -0.39 is 5.41 Å². The number of anilines is 3. The number of rotatable bonds is 3. The second kappa shape index (κ2) is 12.7. The van der Waals surface area contributed by atoms with E-state index in [4.69, 9.17) is 0 Å². The molecule has 0 N–H and O–H groups in total. The number of para-hydroxylation sites is 2. The Morgan fingerprint density at radius 1 is 0.414 bits per heavy atom. The van der Waals surface area contributed by atoms with E-state index in [1.165, 1.54) is 95.0 Å². The fraction of sp³-hybridized carbons (Fsp3) is 0.263. The van der Waals surface area contributed by atoms with Crippen molar-refractivity contribution >= 4 is 17.1 Å². The maximum atomic E-state index is 2.57. The molecule has 1 aliphatic heterocycles. The average Bonchev–Trinajstić information content (AvgIpc) is 3.66. The average molecular weight is 754 g/mol. The summed E-state index contributed by atoms with van der Waals surface area (Å²) in [6.45, 7) is 21.2. The number of hydrogen-bond acceptors (Lipinski definition) is 1. The minimum Gasteiger partial charge on any atom is -0.310 e. The molecule has 1 heterocycles. The molecule has 7 aromatic carbocycles. The summed E-state index contributed by atoms with van der Waals surface area (Å²) in [5.74, 6) is 0.257. The van der Waals surface area contributed by atoms with Crippen molar-refractivity contribution in [3.05, 3.63) is 207 Å². The molecule has 1 nitrogen and oxygen atoms in total. The molecule has 10 rings (SSSR count). The Balaban J connectivity index is 1.27. The number of benzene rings is 7. The van der Waals surface area contributed by atoms with Crippen molar-refractivity contribution in [3.8, 4) is 22.3 Å². The molecular weight excluding hydrogens is 699 g/mol. The Hall–Kier alpha value is -5.66. The minimum atomic E-state index is -0.486. The number of nitrogens with zero attached hydrogens (tertiary/aromatic N) is 1. The first-order valence-corrected chi connectivity index (χ1v) is 21.3. The third-order valence-corrected chi connectivity index (χ3v) is 13.5. The smallest absolute Gasteiger partial charge is 0.0726 e. The molecule has 288 valence electrons. The quantitative estimate of drug-likeness (QED) is 0.174. The first-order valence-electron chi connectivity index (χ1n) is 21.3. The molecule has 0 aromatic heterocycles. The lowest BCUT2D eigenvalue weighted by Crippen LogP contribution is -2.28. The first kappa shape index (κ1) is 36.7. The molecule has 0 fully saturated rings. The van der Waals surface area contributed by atoms with Gasteiger partial charge in [-0.3, -0.25) is 0 Å². The zero-order valence-corrected chi connectivity index (χ0v) is 35.7. The van der Waals surface area contributed by atoms with Crippen LogP contribution in [-0.2, 0) is 28.1 Å². The van der Waals surface area contributed by atoms with Crippen LogP contribution in [0.4, 0.5) is 17.1 Å². The topological polar surface area (TPSA) is 3.24 Å². The molecule has 7 aromatic rings. The molecule has 0 unspecified atom stereocenters. The molecule has 1 spiro atoms. The SMILES string of the molecule is CC(C)(C)c1ccc2c(c1)C1(c3cc(N4c5ccccc5C(Cc5ccccc5)c5ccccc54)ccc3-2)c2cc(C(C)(C)C)ccc2-c2ccc(C(C)(C)C)cc21. The predicted octanol–water partition coefficient (Wildman–Crippen LogP) is 15.1. The molecule has 0 bridgehead atoms. The van der Waals surface area contributed by atoms with E-state index in [1.807, 2.05) is 0 Å². The Labute approximate surface area is 346 Å². The highest BCUT2D eigenvalue weighted by molar-refractivity contribution is 5.97. The third kappa shape index (κ3) is 5.42. The van der Waals surface area contributed by atoms with Crippen molar-refractivity contribution in [2.45, 2.75) is 96.3 Å². The van der Waals surface area contributed by atoms with Crippen LogP contribution in [0.15, 0.2) is 152 Å². The van der Waals surface area contributed by atoms with Crippen LogP contribution < -0.4 is 4.90 Å². The highest BCUT2D eigenvalue weighted by Crippen LogP contribution is 2.65. The van der Waals surface area contributed by atoms with E-state index in [-0.39, 0.29) is 22.2 Å². The van der Waals surface area contributed by atoms with E-state index in [2.05, 4.69) is 219 Å². The number of fused-ring (bicyclic) bond motifs is 12. The molecule has 0 saturated carbocycles. The van der Waals surface area contributed by atoms with Gasteiger partial charge in [-0.25, -0.2) is 0 Å². The lowest BCUT2D eigenvalue weighted by molar-refractivity contribution is 0.584. The van der Waals surface area contributed by atoms with Gasteiger partial charge in [0, 0.05) is 23.0 Å². The van der Waals surface area contributed by atoms with E-state index in [0.29, 0.717) is 0 Å². The van der Waals surface area contributed by atoms with Gasteiger partial charge in [-0.1, -0.05) is 190 Å². The summed E-state index contributed by atoms with van der Waals surface area (Å²) in [5.41, 5.74) is 22.5. The molecule has 1 heteroatoms. The standard InChI is InChI=1S/C57H55N/c1-54(2,3)37-23-27-41-42-28-24-38(55(4,5)6)33-49(42)57(48(41)32-37)50-34-39(56(7,8)9)25-29-43(50)44-30-26-40(35-51(44)57)58-52-21-15-13-19-45(52)47(31-36-17-11-10-12-18-36)46-20-14-16-22-53(46)58/h10-30,32-35,47H,31H2,1-9H3. The van der Waals surface area contributed by atoms with Crippen LogP contribution >= 0.6 is 0 Å². The van der Waals surface area contributed by atoms with Gasteiger partial charge in [-0.05, 0) is 125 Å². The van der Waals surface area contributed by atoms with Crippen molar-refractivity contribution in [1.82, 2.24) is 0 Å². The van der Waals surface area contributed by atoms with Gasteiger partial charge in [0.25, 0.3) is 0 Å². The van der Waals surface area contributed by atoms with Crippen molar-refractivity contribution < 1.29 is 0 Å². The van der Waals surface area contributed by atoms with Crippen LogP contribution in [-0.4, -0.2) is 0 Å². The molecule has 0 atom stereocenters. The van der Waals surface area contributed by atoms with E-state index in [0.717, 1.165) is 6.42 Å². The summed E-state index contributed by atoms with van der Waals surface area (Å²) in [6, 6.07) is 58.8. The largest absolute Gasteiger partial charge is 0.310 e. The van der Waals surface area contributed by atoms with Crippen LogP contribution in [0.3, 0.4) is 0 Å². The summed E-state index contributed by atoms with van der Waals surface area (Å²) in [7, 11) is 0. The van der Waals surface area contributed by atoms with Gasteiger partial charge in [0.1, 0.15) is 0 Å². The maximum absolute atomic E-state index is 2.57. The second-order valence-electron chi connectivity index (χ2n) is 20.2. The highest BCUT2D eigenvalue weighted by Gasteiger charge is 2.53. The fourth-order valence-electron chi connectivity index (χ4n) is 10.4. The molecule has 58 heavy (non-hydrogen) atoms. The predicted molar refractivity (Wildman–Crippen MR) is 246 cm³/mol. The number of hydrogen-bond donors (Lipinski definition) is 0. The van der Waals surface area contributed by atoms with Gasteiger partial charge >= 0.3 is 0 Å². The summed E-state index contributed by atoms with van der Waals surface area (Å²) < 4.78 is 0. The Kier molecular flexibility index (Phi) is 8.01. The van der Waals surface area contributed by atoms with Gasteiger partial charge < -0.3 is 4.90 Å². The zero-order valence-electron chi connectivity index (χ0n) is 35.7. The van der Waals surface area contributed by atoms with Crippen LogP contribution in [0.1, 0.15) is 124 Å². The van der Waals surface area contributed by atoms with Crippen molar-refractivity contribution in [1.29, 1.82) is 0 Å². The van der Waals surface area contributed by atoms with Crippen LogP contribution in [0.2, 0.25) is 0 Å².